The number of aromatic nitrogens is 2. The molecular weight excluding hydrogens is 250 g/mol. The van der Waals surface area contributed by atoms with E-state index >= 15 is 0 Å². The molecule has 20 heavy (non-hydrogen) atoms. The molecule has 1 saturated carbocycles. The van der Waals surface area contributed by atoms with Crippen LogP contribution in [0.2, 0.25) is 0 Å². The van der Waals surface area contributed by atoms with Crippen molar-refractivity contribution in [2.75, 3.05) is 7.11 Å². The Balaban J connectivity index is 1.95. The highest BCUT2D eigenvalue weighted by Crippen LogP contribution is 2.39. The summed E-state index contributed by atoms with van der Waals surface area (Å²) in [5.41, 5.74) is 9.74. The number of nitrogens with two attached hydrogens (primary N) is 1. The second-order valence-electron chi connectivity index (χ2n) is 5.22. The van der Waals surface area contributed by atoms with E-state index in [2.05, 4.69) is 28.2 Å². The largest absolute Gasteiger partial charge is 0.481 e. The van der Waals surface area contributed by atoms with Gasteiger partial charge in [-0.2, -0.15) is 0 Å². The maximum Gasteiger partial charge on any atom is 0.216 e. The van der Waals surface area contributed by atoms with Gasteiger partial charge in [-0.1, -0.05) is 30.7 Å². The lowest BCUT2D eigenvalue weighted by molar-refractivity contribution is 0.395. The molecule has 1 aliphatic rings. The predicted molar refractivity (Wildman–Crippen MR) is 77.6 cm³/mol. The van der Waals surface area contributed by atoms with Gasteiger partial charge in [-0.05, 0) is 29.9 Å². The Morgan fingerprint density at radius 3 is 2.75 bits per heavy atom. The van der Waals surface area contributed by atoms with Crippen LogP contribution in [-0.4, -0.2) is 17.1 Å². The highest BCUT2D eigenvalue weighted by molar-refractivity contribution is 5.38. The number of ether oxygens (including phenoxy) is 1. The van der Waals surface area contributed by atoms with Crippen molar-refractivity contribution < 1.29 is 4.74 Å². The Hall–Kier alpha value is -1.94. The zero-order chi connectivity index (χ0) is 13.9. The summed E-state index contributed by atoms with van der Waals surface area (Å²) in [6.07, 6.45) is 5.34. The van der Waals surface area contributed by atoms with Crippen molar-refractivity contribution in [3.8, 4) is 5.88 Å². The predicted octanol–water partition coefficient (Wildman–Crippen LogP) is 2.80. The van der Waals surface area contributed by atoms with E-state index < -0.39 is 0 Å². The van der Waals surface area contributed by atoms with Crippen molar-refractivity contribution in [3.63, 3.8) is 0 Å². The van der Waals surface area contributed by atoms with Crippen LogP contribution >= 0.6 is 0 Å². The van der Waals surface area contributed by atoms with Gasteiger partial charge in [0.2, 0.25) is 5.88 Å². The number of benzene rings is 1. The second-order valence-corrected chi connectivity index (χ2v) is 5.22. The van der Waals surface area contributed by atoms with Crippen LogP contribution in [-0.2, 0) is 0 Å². The Morgan fingerprint density at radius 2 is 2.05 bits per heavy atom. The van der Waals surface area contributed by atoms with Crippen LogP contribution in [0.4, 0.5) is 0 Å². The van der Waals surface area contributed by atoms with Crippen molar-refractivity contribution in [1.29, 1.82) is 0 Å². The molecule has 2 aromatic rings. The first-order chi connectivity index (χ1) is 9.79. The molecule has 1 atom stereocenters. The van der Waals surface area contributed by atoms with Crippen LogP contribution < -0.4 is 10.5 Å². The van der Waals surface area contributed by atoms with Gasteiger partial charge in [0.25, 0.3) is 0 Å². The molecular formula is C16H19N3O. The standard InChI is InChI=1S/C16H19N3O/c1-20-15-9-14(18-10-19-15)16(17)13-8-3-2-7-12(13)11-5-4-6-11/h2-3,7-11,16H,4-6,17H2,1H3. The lowest BCUT2D eigenvalue weighted by Gasteiger charge is -2.29. The van der Waals surface area contributed by atoms with E-state index in [1.165, 1.54) is 31.2 Å². The lowest BCUT2D eigenvalue weighted by Crippen LogP contribution is -2.19. The number of hydrogen-bond acceptors (Lipinski definition) is 4. The molecule has 1 aromatic carbocycles. The Labute approximate surface area is 119 Å². The number of nitrogens with zero attached hydrogens (tertiary/aromatic N) is 2. The van der Waals surface area contributed by atoms with Gasteiger partial charge in [0.1, 0.15) is 6.33 Å². The second kappa shape index (κ2) is 5.59. The molecule has 4 nitrogen and oxygen atoms in total. The van der Waals surface area contributed by atoms with Crippen LogP contribution in [0.1, 0.15) is 48.0 Å². The lowest BCUT2D eigenvalue weighted by atomic mass is 9.77. The minimum absolute atomic E-state index is 0.233. The van der Waals surface area contributed by atoms with E-state index in [-0.39, 0.29) is 6.04 Å². The SMILES string of the molecule is COc1cc(C(N)c2ccccc2C2CCC2)ncn1. The molecule has 1 aliphatic carbocycles. The summed E-state index contributed by atoms with van der Waals surface area (Å²) in [5.74, 6) is 1.20. The molecule has 0 aliphatic heterocycles. The van der Waals surface area contributed by atoms with Crippen molar-refractivity contribution in [2.24, 2.45) is 5.73 Å². The summed E-state index contributed by atoms with van der Waals surface area (Å²) in [6, 6.07) is 10.00. The minimum atomic E-state index is -0.233. The molecule has 0 radical (unpaired) electrons. The number of methoxy groups -OCH3 is 1. The fourth-order valence-corrected chi connectivity index (χ4v) is 2.68. The van der Waals surface area contributed by atoms with E-state index in [0.717, 1.165) is 11.3 Å². The third-order valence-corrected chi connectivity index (χ3v) is 4.07. The fourth-order valence-electron chi connectivity index (χ4n) is 2.68. The van der Waals surface area contributed by atoms with Gasteiger partial charge < -0.3 is 10.5 Å². The molecule has 2 N–H and O–H groups in total. The van der Waals surface area contributed by atoms with Gasteiger partial charge in [0.05, 0.1) is 18.8 Å². The average molecular weight is 269 g/mol. The molecule has 0 spiro atoms. The van der Waals surface area contributed by atoms with Crippen molar-refractivity contribution in [1.82, 2.24) is 9.97 Å². The third kappa shape index (κ3) is 2.39. The monoisotopic (exact) mass is 269 g/mol. The summed E-state index contributed by atoms with van der Waals surface area (Å²) in [7, 11) is 1.60. The van der Waals surface area contributed by atoms with E-state index in [9.17, 15) is 0 Å². The topological polar surface area (TPSA) is 61.0 Å². The summed E-state index contributed by atoms with van der Waals surface area (Å²) < 4.78 is 5.14. The zero-order valence-electron chi connectivity index (χ0n) is 11.6. The summed E-state index contributed by atoms with van der Waals surface area (Å²) in [5, 5.41) is 0. The highest BCUT2D eigenvalue weighted by atomic mass is 16.5. The van der Waals surface area contributed by atoms with Crippen molar-refractivity contribution >= 4 is 0 Å². The molecule has 4 heteroatoms. The normalized spacial score (nSPS) is 16.5. The van der Waals surface area contributed by atoms with Gasteiger partial charge in [-0.3, -0.25) is 0 Å². The first kappa shape index (κ1) is 13.1. The summed E-state index contributed by atoms with van der Waals surface area (Å²) >= 11 is 0. The summed E-state index contributed by atoms with van der Waals surface area (Å²) in [4.78, 5) is 8.32. The average Bonchev–Trinajstić information content (AvgIpc) is 2.45. The minimum Gasteiger partial charge on any atom is -0.481 e. The molecule has 0 bridgehead atoms. The van der Waals surface area contributed by atoms with Crippen LogP contribution in [0.3, 0.4) is 0 Å². The van der Waals surface area contributed by atoms with Crippen molar-refractivity contribution in [3.05, 3.63) is 53.5 Å². The fraction of sp³-hybridized carbons (Fsp3) is 0.375. The quantitative estimate of drug-likeness (QED) is 0.927. The molecule has 1 heterocycles. The summed E-state index contributed by atoms with van der Waals surface area (Å²) in [6.45, 7) is 0. The number of rotatable bonds is 4. The van der Waals surface area contributed by atoms with Crippen LogP contribution in [0.25, 0.3) is 0 Å². The Kier molecular flexibility index (Phi) is 3.65. The Morgan fingerprint density at radius 1 is 1.25 bits per heavy atom. The Bertz CT molecular complexity index is 596. The van der Waals surface area contributed by atoms with E-state index in [4.69, 9.17) is 10.5 Å². The molecule has 3 rings (SSSR count). The van der Waals surface area contributed by atoms with Gasteiger partial charge in [0, 0.05) is 6.07 Å². The van der Waals surface area contributed by atoms with E-state index in [1.807, 2.05) is 12.1 Å². The van der Waals surface area contributed by atoms with Crippen LogP contribution in [0.15, 0.2) is 36.7 Å². The smallest absolute Gasteiger partial charge is 0.216 e. The van der Waals surface area contributed by atoms with Crippen LogP contribution in [0, 0.1) is 0 Å². The van der Waals surface area contributed by atoms with Crippen molar-refractivity contribution in [2.45, 2.75) is 31.2 Å². The highest BCUT2D eigenvalue weighted by Gasteiger charge is 2.24. The molecule has 1 aromatic heterocycles. The van der Waals surface area contributed by atoms with Gasteiger partial charge in [0.15, 0.2) is 0 Å². The molecule has 0 saturated heterocycles. The van der Waals surface area contributed by atoms with Gasteiger partial charge >= 0.3 is 0 Å². The zero-order valence-corrected chi connectivity index (χ0v) is 11.6. The van der Waals surface area contributed by atoms with E-state index in [1.54, 1.807) is 7.11 Å². The van der Waals surface area contributed by atoms with Crippen LogP contribution in [0.5, 0.6) is 5.88 Å². The number of hydrogen-bond donors (Lipinski definition) is 1. The third-order valence-electron chi connectivity index (χ3n) is 4.07. The maximum atomic E-state index is 6.41. The first-order valence-electron chi connectivity index (χ1n) is 7.00. The first-order valence-corrected chi connectivity index (χ1v) is 7.00. The molecule has 1 fully saturated rings. The molecule has 104 valence electrons. The van der Waals surface area contributed by atoms with Gasteiger partial charge in [-0.25, -0.2) is 9.97 Å². The van der Waals surface area contributed by atoms with E-state index in [0.29, 0.717) is 11.8 Å². The molecule has 0 amide bonds. The van der Waals surface area contributed by atoms with Gasteiger partial charge in [-0.15, -0.1) is 0 Å². The molecule has 1 unspecified atom stereocenters. The maximum absolute atomic E-state index is 6.41.